The first kappa shape index (κ1) is 23.5. The van der Waals surface area contributed by atoms with Gasteiger partial charge in [0.2, 0.25) is 0 Å². The molecule has 2 fully saturated rings. The van der Waals surface area contributed by atoms with Gasteiger partial charge >= 0.3 is 0 Å². The maximum Gasteiger partial charge on any atom is 0.156 e. The van der Waals surface area contributed by atoms with Gasteiger partial charge in [-0.2, -0.15) is 0 Å². The van der Waals surface area contributed by atoms with Crippen LogP contribution in [0.4, 0.5) is 0 Å². The highest BCUT2D eigenvalue weighted by Gasteiger charge is 2.56. The fraction of sp³-hybridized carbons (Fsp3) is 0.600. The third kappa shape index (κ3) is 4.08. The zero-order valence-electron chi connectivity index (χ0n) is 21.1. The SMILES string of the molecule is CCN(CC)CCOc1ccc([C@H]2C[C@]3(C)C(=O)CCC3C3CCC4=CC(=O)CCC4=C32)cc1. The van der Waals surface area contributed by atoms with E-state index in [1.807, 2.05) is 6.08 Å². The molecule has 4 heteroatoms. The van der Waals surface area contributed by atoms with E-state index < -0.39 is 0 Å². The number of ketones is 2. The molecular weight excluding hydrogens is 422 g/mol. The second-order valence-electron chi connectivity index (χ2n) is 10.9. The minimum Gasteiger partial charge on any atom is -0.492 e. The van der Waals surface area contributed by atoms with Gasteiger partial charge in [0.05, 0.1) is 0 Å². The van der Waals surface area contributed by atoms with Gasteiger partial charge < -0.3 is 9.64 Å². The molecule has 0 saturated heterocycles. The Balaban J connectivity index is 1.45. The number of nitrogens with zero attached hydrogens (tertiary/aromatic N) is 1. The molecule has 182 valence electrons. The van der Waals surface area contributed by atoms with E-state index in [2.05, 4.69) is 49.9 Å². The van der Waals surface area contributed by atoms with Crippen molar-refractivity contribution in [3.63, 3.8) is 0 Å². The Morgan fingerprint density at radius 1 is 1.00 bits per heavy atom. The summed E-state index contributed by atoms with van der Waals surface area (Å²) in [6, 6.07) is 8.65. The van der Waals surface area contributed by atoms with Gasteiger partial charge in [-0.15, -0.1) is 0 Å². The summed E-state index contributed by atoms with van der Waals surface area (Å²) in [4.78, 5) is 27.6. The van der Waals surface area contributed by atoms with Crippen LogP contribution in [0.2, 0.25) is 0 Å². The van der Waals surface area contributed by atoms with Crippen LogP contribution in [0.1, 0.15) is 77.2 Å². The molecule has 0 spiro atoms. The lowest BCUT2D eigenvalue weighted by Gasteiger charge is -2.50. The van der Waals surface area contributed by atoms with Gasteiger partial charge in [-0.05, 0) is 91.9 Å². The lowest BCUT2D eigenvalue weighted by Crippen LogP contribution is -2.43. The van der Waals surface area contributed by atoms with E-state index in [0.29, 0.717) is 30.6 Å². The summed E-state index contributed by atoms with van der Waals surface area (Å²) in [5.74, 6) is 2.83. The van der Waals surface area contributed by atoms with Crippen LogP contribution in [0.25, 0.3) is 0 Å². The van der Waals surface area contributed by atoms with Crippen molar-refractivity contribution >= 4 is 11.6 Å². The number of hydrogen-bond donors (Lipinski definition) is 0. The van der Waals surface area contributed by atoms with Crippen LogP contribution in [-0.2, 0) is 9.59 Å². The minimum atomic E-state index is -0.218. The second-order valence-corrected chi connectivity index (χ2v) is 10.9. The van der Waals surface area contributed by atoms with E-state index in [1.165, 1.54) is 16.7 Å². The largest absolute Gasteiger partial charge is 0.492 e. The monoisotopic (exact) mass is 461 g/mol. The maximum atomic E-state index is 13.1. The van der Waals surface area contributed by atoms with Crippen molar-refractivity contribution in [3.8, 4) is 5.75 Å². The molecule has 34 heavy (non-hydrogen) atoms. The number of allylic oxidation sites excluding steroid dienone is 4. The standard InChI is InChI=1S/C30H39NO3/c1-4-31(5-2)16-17-34-23-10-6-20(7-11-23)26-19-30(3)27(14-15-28(30)33)25-12-8-21-18-22(32)9-13-24(21)29(25)26/h6-7,10-11,18,25-27H,4-5,8-9,12-17,19H2,1-3H3/t25?,26-,27?,30+/m1/s1. The van der Waals surface area contributed by atoms with Crippen LogP contribution >= 0.6 is 0 Å². The van der Waals surface area contributed by atoms with Crippen LogP contribution in [0, 0.1) is 17.3 Å². The van der Waals surface area contributed by atoms with Gasteiger partial charge in [-0.1, -0.05) is 38.5 Å². The summed E-state index contributed by atoms with van der Waals surface area (Å²) in [5, 5.41) is 0. The molecule has 4 aliphatic carbocycles. The fourth-order valence-corrected chi connectivity index (χ4v) is 7.36. The van der Waals surface area contributed by atoms with E-state index in [0.717, 1.165) is 63.9 Å². The number of benzene rings is 1. The summed E-state index contributed by atoms with van der Waals surface area (Å²) < 4.78 is 6.04. The van der Waals surface area contributed by atoms with Crippen LogP contribution in [0.15, 0.2) is 47.1 Å². The van der Waals surface area contributed by atoms with Crippen molar-refractivity contribution < 1.29 is 14.3 Å². The highest BCUT2D eigenvalue weighted by molar-refractivity contribution is 5.93. The van der Waals surface area contributed by atoms with Crippen molar-refractivity contribution in [2.75, 3.05) is 26.2 Å². The van der Waals surface area contributed by atoms with Gasteiger partial charge in [0.15, 0.2) is 5.78 Å². The molecule has 0 N–H and O–H groups in total. The van der Waals surface area contributed by atoms with Gasteiger partial charge in [0.1, 0.15) is 18.1 Å². The van der Waals surface area contributed by atoms with Crippen molar-refractivity contribution in [2.45, 2.75) is 71.6 Å². The maximum absolute atomic E-state index is 13.1. The van der Waals surface area contributed by atoms with E-state index in [-0.39, 0.29) is 17.1 Å². The Hall–Kier alpha value is -2.20. The molecule has 0 heterocycles. The Labute approximate surface area is 204 Å². The van der Waals surface area contributed by atoms with Crippen molar-refractivity contribution in [2.24, 2.45) is 17.3 Å². The summed E-state index contributed by atoms with van der Waals surface area (Å²) in [5.41, 5.74) is 5.35. The normalized spacial score (nSPS) is 30.7. The van der Waals surface area contributed by atoms with Gasteiger partial charge in [-0.25, -0.2) is 0 Å². The molecule has 4 atom stereocenters. The molecule has 0 bridgehead atoms. The molecule has 4 aliphatic rings. The first-order valence-electron chi connectivity index (χ1n) is 13.4. The number of hydrogen-bond acceptors (Lipinski definition) is 4. The van der Waals surface area contributed by atoms with Crippen LogP contribution < -0.4 is 4.74 Å². The second kappa shape index (κ2) is 9.45. The Morgan fingerprint density at radius 3 is 2.50 bits per heavy atom. The molecule has 1 aromatic rings. The lowest BCUT2D eigenvalue weighted by atomic mass is 9.53. The predicted octanol–water partition coefficient (Wildman–Crippen LogP) is 5.88. The number of carbonyl (C=O) groups is 2. The van der Waals surface area contributed by atoms with Crippen molar-refractivity contribution in [3.05, 3.63) is 52.6 Å². The Kier molecular flexibility index (Phi) is 6.54. The van der Waals surface area contributed by atoms with Gasteiger partial charge in [-0.3, -0.25) is 9.59 Å². The average Bonchev–Trinajstić information content (AvgIpc) is 3.15. The number of carbonyl (C=O) groups excluding carboxylic acids is 2. The quantitative estimate of drug-likeness (QED) is 0.509. The van der Waals surface area contributed by atoms with E-state index >= 15 is 0 Å². The number of rotatable bonds is 7. The predicted molar refractivity (Wildman–Crippen MR) is 135 cm³/mol. The van der Waals surface area contributed by atoms with E-state index in [4.69, 9.17) is 4.74 Å². The molecule has 0 aromatic heterocycles. The molecule has 0 amide bonds. The summed E-state index contributed by atoms with van der Waals surface area (Å²) >= 11 is 0. The minimum absolute atomic E-state index is 0.218. The highest BCUT2D eigenvalue weighted by atomic mass is 16.5. The molecule has 2 saturated carbocycles. The summed E-state index contributed by atoms with van der Waals surface area (Å²) in [6.45, 7) is 10.3. The third-order valence-corrected chi connectivity index (χ3v) is 9.30. The first-order chi connectivity index (χ1) is 16.4. The Morgan fingerprint density at radius 2 is 1.76 bits per heavy atom. The summed E-state index contributed by atoms with van der Waals surface area (Å²) in [6.07, 6.45) is 8.14. The molecule has 0 aliphatic heterocycles. The molecule has 0 radical (unpaired) electrons. The molecule has 5 rings (SSSR count). The van der Waals surface area contributed by atoms with Gasteiger partial charge in [0, 0.05) is 30.7 Å². The van der Waals surface area contributed by atoms with E-state index in [9.17, 15) is 9.59 Å². The number of fused-ring (bicyclic) bond motifs is 4. The number of Topliss-reactive ketones (excluding diaryl/α,β-unsaturated/α-hetero) is 1. The molecular formula is C30H39NO3. The molecule has 1 aromatic carbocycles. The zero-order valence-corrected chi connectivity index (χ0v) is 21.1. The first-order valence-corrected chi connectivity index (χ1v) is 13.4. The Bertz CT molecular complexity index is 1020. The van der Waals surface area contributed by atoms with Crippen molar-refractivity contribution in [1.82, 2.24) is 4.90 Å². The smallest absolute Gasteiger partial charge is 0.156 e. The van der Waals surface area contributed by atoms with Crippen LogP contribution in [-0.4, -0.2) is 42.7 Å². The highest BCUT2D eigenvalue weighted by Crippen LogP contribution is 2.62. The van der Waals surface area contributed by atoms with Gasteiger partial charge in [0.25, 0.3) is 0 Å². The average molecular weight is 462 g/mol. The van der Waals surface area contributed by atoms with E-state index in [1.54, 1.807) is 5.57 Å². The summed E-state index contributed by atoms with van der Waals surface area (Å²) in [7, 11) is 0. The fourth-order valence-electron chi connectivity index (χ4n) is 7.36. The zero-order chi connectivity index (χ0) is 23.9. The van der Waals surface area contributed by atoms with Crippen LogP contribution in [0.3, 0.4) is 0 Å². The lowest BCUT2D eigenvalue weighted by molar-refractivity contribution is -0.128. The number of likely N-dealkylation sites (N-methyl/N-ethyl adjacent to an activating group) is 1. The molecule has 4 nitrogen and oxygen atoms in total. The molecule has 2 unspecified atom stereocenters. The van der Waals surface area contributed by atoms with Crippen LogP contribution in [0.5, 0.6) is 5.75 Å². The number of ether oxygens (including phenoxy) is 1. The third-order valence-electron chi connectivity index (χ3n) is 9.30. The topological polar surface area (TPSA) is 46.6 Å². The van der Waals surface area contributed by atoms with Crippen molar-refractivity contribution in [1.29, 1.82) is 0 Å².